The van der Waals surface area contributed by atoms with Crippen LogP contribution < -0.4 is 35.0 Å². The largest absolute Gasteiger partial charge is 0.493 e. The van der Waals surface area contributed by atoms with Crippen molar-refractivity contribution in [3.63, 3.8) is 0 Å². The van der Waals surface area contributed by atoms with Crippen LogP contribution in [-0.2, 0) is 9.53 Å². The molecule has 0 aromatic heterocycles. The lowest BCUT2D eigenvalue weighted by molar-refractivity contribution is -0.136. The Labute approximate surface area is 242 Å². The van der Waals surface area contributed by atoms with Gasteiger partial charge >= 0.3 is 12.0 Å². The maximum atomic E-state index is 12.4. The minimum absolute atomic E-state index is 0.0326. The van der Waals surface area contributed by atoms with Gasteiger partial charge in [-0.1, -0.05) is 23.6 Å². The third kappa shape index (κ3) is 7.97. The Balaban J connectivity index is 1.69. The van der Waals surface area contributed by atoms with E-state index in [9.17, 15) is 14.7 Å². The number of rotatable bonds is 13. The number of aliphatic hydroxyl groups excluding tert-OH is 1. The number of benzene rings is 2. The number of hydrogen-bond donors (Lipinski definition) is 4. The zero-order chi connectivity index (χ0) is 29.9. The van der Waals surface area contributed by atoms with Crippen LogP contribution in [0.25, 0.3) is 0 Å². The van der Waals surface area contributed by atoms with E-state index in [2.05, 4.69) is 27.1 Å². The van der Waals surface area contributed by atoms with Crippen molar-refractivity contribution in [1.82, 2.24) is 16.1 Å². The predicted octanol–water partition coefficient (Wildman–Crippen LogP) is 2.88. The van der Waals surface area contributed by atoms with Crippen molar-refractivity contribution in [2.75, 3.05) is 34.0 Å². The summed E-state index contributed by atoms with van der Waals surface area (Å²) in [6.07, 6.45) is 5.48. The Hall–Kier alpha value is -4.60. The molecule has 218 valence electrons. The Kier molecular flexibility index (Phi) is 11.1. The SMILES string of the molecule is C#CCOc1c(Cl)cc(/C=N\N[C@@H](O)COc2ccc([C@@H]3NC(=O)NC(C)=C3C(=O)OC)cc2OCC)cc1OC. The first-order chi connectivity index (χ1) is 19.7. The molecule has 0 spiro atoms. The van der Waals surface area contributed by atoms with Crippen LogP contribution in [0.3, 0.4) is 0 Å². The molecule has 0 unspecified atom stereocenters. The standard InChI is InChI=1S/C28H31ClN4O8/c1-6-10-40-26-19(29)11-17(12-22(26)37-4)14-30-33-23(34)15-41-20-9-8-18(13-21(20)39-7-2)25-24(27(35)38-5)16(3)31-28(36)32-25/h1,8-9,11-14,23,25,33-34H,7,10,15H2,2-5H3,(H2,31,32,36)/b30-14-/t23-,25-/m0/s1. The number of urea groups is 1. The van der Waals surface area contributed by atoms with Gasteiger partial charge < -0.3 is 39.4 Å². The van der Waals surface area contributed by atoms with Gasteiger partial charge in [-0.15, -0.1) is 6.42 Å². The van der Waals surface area contributed by atoms with E-state index < -0.39 is 24.3 Å². The number of aliphatic hydroxyl groups is 1. The molecule has 4 N–H and O–H groups in total. The van der Waals surface area contributed by atoms with E-state index in [0.29, 0.717) is 46.4 Å². The van der Waals surface area contributed by atoms with Gasteiger partial charge in [0.25, 0.3) is 0 Å². The van der Waals surface area contributed by atoms with Gasteiger partial charge in [0.1, 0.15) is 13.2 Å². The van der Waals surface area contributed by atoms with E-state index in [0.717, 1.165) is 0 Å². The van der Waals surface area contributed by atoms with Gasteiger partial charge in [0, 0.05) is 5.70 Å². The molecular weight excluding hydrogens is 556 g/mol. The van der Waals surface area contributed by atoms with Crippen LogP contribution in [0.5, 0.6) is 23.0 Å². The quantitative estimate of drug-likeness (QED) is 0.0913. The molecule has 1 aliphatic rings. The van der Waals surface area contributed by atoms with Crippen molar-refractivity contribution in [2.24, 2.45) is 5.10 Å². The summed E-state index contributed by atoms with van der Waals surface area (Å²) in [5, 5.41) is 20.0. The first-order valence-electron chi connectivity index (χ1n) is 12.4. The molecule has 13 heteroatoms. The van der Waals surface area contributed by atoms with Gasteiger partial charge in [-0.2, -0.15) is 5.10 Å². The van der Waals surface area contributed by atoms with Crippen molar-refractivity contribution >= 4 is 29.8 Å². The fourth-order valence-corrected chi connectivity index (χ4v) is 4.16. The minimum Gasteiger partial charge on any atom is -0.493 e. The Morgan fingerprint density at radius 3 is 2.68 bits per heavy atom. The maximum absolute atomic E-state index is 12.4. The molecule has 2 aromatic carbocycles. The van der Waals surface area contributed by atoms with Crippen LogP contribution in [0, 0.1) is 12.3 Å². The van der Waals surface area contributed by atoms with Crippen molar-refractivity contribution < 1.29 is 38.4 Å². The van der Waals surface area contributed by atoms with Gasteiger partial charge in [0.2, 0.25) is 0 Å². The third-order valence-electron chi connectivity index (χ3n) is 5.66. The smallest absolute Gasteiger partial charge is 0.337 e. The number of ether oxygens (including phenoxy) is 5. The fraction of sp³-hybridized carbons (Fsp3) is 0.321. The number of esters is 1. The molecule has 0 saturated carbocycles. The molecular formula is C28H31ClN4O8. The molecule has 2 aromatic rings. The summed E-state index contributed by atoms with van der Waals surface area (Å²) in [4.78, 5) is 24.5. The molecule has 0 aliphatic carbocycles. The molecule has 2 atom stereocenters. The third-order valence-corrected chi connectivity index (χ3v) is 5.94. The Morgan fingerprint density at radius 2 is 2.00 bits per heavy atom. The summed E-state index contributed by atoms with van der Waals surface area (Å²) in [6, 6.07) is 6.97. The van der Waals surface area contributed by atoms with E-state index in [4.69, 9.17) is 41.7 Å². The highest BCUT2D eigenvalue weighted by Gasteiger charge is 2.32. The second-order valence-electron chi connectivity index (χ2n) is 8.44. The molecule has 0 radical (unpaired) electrons. The lowest BCUT2D eigenvalue weighted by Crippen LogP contribution is -2.45. The molecule has 0 saturated heterocycles. The second kappa shape index (κ2) is 14.7. The van der Waals surface area contributed by atoms with Crippen molar-refractivity contribution in [2.45, 2.75) is 26.1 Å². The monoisotopic (exact) mass is 586 g/mol. The number of nitrogens with one attached hydrogen (secondary N) is 3. The first kappa shape index (κ1) is 30.9. The van der Waals surface area contributed by atoms with Crippen LogP contribution >= 0.6 is 11.6 Å². The average Bonchev–Trinajstić information content (AvgIpc) is 2.95. The molecule has 2 amide bonds. The van der Waals surface area contributed by atoms with Gasteiger partial charge in [0.15, 0.2) is 29.2 Å². The van der Waals surface area contributed by atoms with Crippen LogP contribution in [0.4, 0.5) is 4.79 Å². The molecule has 0 bridgehead atoms. The number of carbonyl (C=O) groups excluding carboxylic acids is 2. The molecule has 1 heterocycles. The van der Waals surface area contributed by atoms with Crippen LogP contribution in [0.2, 0.25) is 5.02 Å². The van der Waals surface area contributed by atoms with E-state index in [-0.39, 0.29) is 23.8 Å². The average molecular weight is 587 g/mol. The van der Waals surface area contributed by atoms with Gasteiger partial charge in [-0.3, -0.25) is 5.43 Å². The maximum Gasteiger partial charge on any atom is 0.337 e. The number of hydrazone groups is 1. The highest BCUT2D eigenvalue weighted by molar-refractivity contribution is 6.32. The van der Waals surface area contributed by atoms with Gasteiger partial charge in [0.05, 0.1) is 43.7 Å². The van der Waals surface area contributed by atoms with Crippen LogP contribution in [-0.4, -0.2) is 63.6 Å². The van der Waals surface area contributed by atoms with E-state index in [1.165, 1.54) is 20.4 Å². The van der Waals surface area contributed by atoms with E-state index >= 15 is 0 Å². The number of allylic oxidation sites excluding steroid dienone is 1. The Morgan fingerprint density at radius 1 is 1.22 bits per heavy atom. The van der Waals surface area contributed by atoms with Gasteiger partial charge in [-0.05, 0) is 49.2 Å². The normalized spacial score (nSPS) is 15.3. The summed E-state index contributed by atoms with van der Waals surface area (Å²) in [5.74, 6) is 3.16. The van der Waals surface area contributed by atoms with Crippen molar-refractivity contribution in [1.29, 1.82) is 0 Å². The predicted molar refractivity (Wildman–Crippen MR) is 151 cm³/mol. The molecule has 0 fully saturated rings. The molecule has 1 aliphatic heterocycles. The first-order valence-corrected chi connectivity index (χ1v) is 12.8. The summed E-state index contributed by atoms with van der Waals surface area (Å²) >= 11 is 6.27. The number of terminal acetylenes is 1. The topological polar surface area (TPSA) is 149 Å². The number of nitrogens with zero attached hydrogens (tertiary/aromatic N) is 1. The highest BCUT2D eigenvalue weighted by atomic mass is 35.5. The van der Waals surface area contributed by atoms with Gasteiger partial charge in [-0.25, -0.2) is 9.59 Å². The Bertz CT molecular complexity index is 1370. The summed E-state index contributed by atoms with van der Waals surface area (Å²) < 4.78 is 27.1. The lowest BCUT2D eigenvalue weighted by atomic mass is 9.95. The molecule has 41 heavy (non-hydrogen) atoms. The fourth-order valence-electron chi connectivity index (χ4n) is 3.89. The zero-order valence-electron chi connectivity index (χ0n) is 22.9. The van der Waals surface area contributed by atoms with Crippen molar-refractivity contribution in [3.05, 3.63) is 57.8 Å². The number of carbonyl (C=O) groups is 2. The van der Waals surface area contributed by atoms with E-state index in [1.807, 2.05) is 0 Å². The van der Waals surface area contributed by atoms with Crippen molar-refractivity contribution in [3.8, 4) is 35.3 Å². The minimum atomic E-state index is -1.18. The highest BCUT2D eigenvalue weighted by Crippen LogP contribution is 2.36. The summed E-state index contributed by atoms with van der Waals surface area (Å²) in [7, 11) is 2.73. The number of methoxy groups -OCH3 is 2. The zero-order valence-corrected chi connectivity index (χ0v) is 23.7. The number of hydrogen-bond acceptors (Lipinski definition) is 10. The van der Waals surface area contributed by atoms with E-state index in [1.54, 1.807) is 44.2 Å². The number of halogens is 1. The molecule has 12 nitrogen and oxygen atoms in total. The van der Waals surface area contributed by atoms with Crippen LogP contribution in [0.1, 0.15) is 31.0 Å². The summed E-state index contributed by atoms with van der Waals surface area (Å²) in [5.41, 5.74) is 4.35. The van der Waals surface area contributed by atoms with Crippen LogP contribution in [0.15, 0.2) is 46.7 Å². The number of amides is 2. The second-order valence-corrected chi connectivity index (χ2v) is 8.85. The summed E-state index contributed by atoms with van der Waals surface area (Å²) in [6.45, 7) is 3.58. The molecule has 3 rings (SSSR count). The lowest BCUT2D eigenvalue weighted by Gasteiger charge is -2.28.